The zero-order valence-corrected chi connectivity index (χ0v) is 17.9. The summed E-state index contributed by atoms with van der Waals surface area (Å²) >= 11 is 0. The van der Waals surface area contributed by atoms with E-state index >= 15 is 0 Å². The molecule has 0 aliphatic carbocycles. The molecule has 1 aliphatic heterocycles. The Morgan fingerprint density at radius 2 is 1.71 bits per heavy atom. The highest BCUT2D eigenvalue weighted by atomic mass is 16.5. The van der Waals surface area contributed by atoms with E-state index in [0.29, 0.717) is 18.7 Å². The number of nitrogens with one attached hydrogen (secondary N) is 1. The number of para-hydroxylation sites is 2. The number of carbonyl (C=O) groups excluding carboxylic acids is 1. The van der Waals surface area contributed by atoms with Gasteiger partial charge in [0.15, 0.2) is 5.76 Å². The molecule has 1 aromatic heterocycles. The van der Waals surface area contributed by atoms with E-state index in [0.717, 1.165) is 49.8 Å². The molecule has 0 radical (unpaired) electrons. The third kappa shape index (κ3) is 5.47. The van der Waals surface area contributed by atoms with Crippen LogP contribution in [-0.2, 0) is 13.0 Å². The van der Waals surface area contributed by atoms with Crippen LogP contribution in [0.3, 0.4) is 0 Å². The monoisotopic (exact) mass is 419 g/mol. The molecule has 1 amide bonds. The second-order valence-corrected chi connectivity index (χ2v) is 7.68. The van der Waals surface area contributed by atoms with Crippen molar-refractivity contribution < 1.29 is 13.9 Å². The summed E-state index contributed by atoms with van der Waals surface area (Å²) in [5.74, 6) is 1.83. The number of furan rings is 1. The lowest BCUT2D eigenvalue weighted by Gasteiger charge is -2.35. The third-order valence-corrected chi connectivity index (χ3v) is 5.63. The summed E-state index contributed by atoms with van der Waals surface area (Å²) in [6.45, 7) is 5.15. The number of amides is 1. The van der Waals surface area contributed by atoms with Crippen LogP contribution in [0.15, 0.2) is 71.1 Å². The third-order valence-electron chi connectivity index (χ3n) is 5.63. The molecule has 0 saturated carbocycles. The van der Waals surface area contributed by atoms with E-state index in [2.05, 4.69) is 39.4 Å². The molecule has 0 atom stereocenters. The normalized spacial score (nSPS) is 14.4. The number of anilines is 1. The summed E-state index contributed by atoms with van der Waals surface area (Å²) in [7, 11) is 1.66. The number of nitrogens with zero attached hydrogens (tertiary/aromatic N) is 2. The molecule has 2 heterocycles. The van der Waals surface area contributed by atoms with Crippen LogP contribution in [0, 0.1) is 0 Å². The Hall–Kier alpha value is -3.25. The molecule has 0 bridgehead atoms. The Bertz CT molecular complexity index is 978. The van der Waals surface area contributed by atoms with Crippen LogP contribution in [0.4, 0.5) is 5.69 Å². The maximum Gasteiger partial charge on any atom is 0.287 e. The van der Waals surface area contributed by atoms with E-state index in [1.165, 1.54) is 5.69 Å². The van der Waals surface area contributed by atoms with Gasteiger partial charge < -0.3 is 19.4 Å². The predicted molar refractivity (Wildman–Crippen MR) is 122 cm³/mol. The van der Waals surface area contributed by atoms with Gasteiger partial charge in [-0.25, -0.2) is 0 Å². The van der Waals surface area contributed by atoms with Crippen LogP contribution in [-0.4, -0.2) is 50.6 Å². The minimum absolute atomic E-state index is 0.185. The fraction of sp³-hybridized carbons (Fsp3) is 0.320. The van der Waals surface area contributed by atoms with Crippen LogP contribution in [0.1, 0.15) is 21.9 Å². The number of carbonyl (C=O) groups is 1. The Balaban J connectivity index is 1.23. The van der Waals surface area contributed by atoms with Gasteiger partial charge in [0, 0.05) is 38.4 Å². The Morgan fingerprint density at radius 3 is 2.48 bits per heavy atom. The summed E-state index contributed by atoms with van der Waals surface area (Å²) in [6.07, 6.45) is 0.703. The Kier molecular flexibility index (Phi) is 6.89. The van der Waals surface area contributed by atoms with Crippen molar-refractivity contribution in [3.63, 3.8) is 0 Å². The van der Waals surface area contributed by atoms with Crippen molar-refractivity contribution in [3.8, 4) is 5.75 Å². The number of benzene rings is 2. The van der Waals surface area contributed by atoms with Crippen molar-refractivity contribution >= 4 is 11.6 Å². The predicted octanol–water partition coefficient (Wildman–Crippen LogP) is 3.58. The van der Waals surface area contributed by atoms with E-state index in [1.807, 2.05) is 36.4 Å². The number of hydrogen-bond acceptors (Lipinski definition) is 5. The smallest absolute Gasteiger partial charge is 0.287 e. The van der Waals surface area contributed by atoms with Crippen LogP contribution in [0.5, 0.6) is 5.75 Å². The lowest BCUT2D eigenvalue weighted by Crippen LogP contribution is -2.45. The first-order valence-corrected chi connectivity index (χ1v) is 10.7. The van der Waals surface area contributed by atoms with Gasteiger partial charge in [-0.2, -0.15) is 0 Å². The van der Waals surface area contributed by atoms with Gasteiger partial charge >= 0.3 is 0 Å². The number of ether oxygens (including phenoxy) is 1. The van der Waals surface area contributed by atoms with E-state index in [-0.39, 0.29) is 5.91 Å². The average molecular weight is 420 g/mol. The van der Waals surface area contributed by atoms with E-state index in [4.69, 9.17) is 9.15 Å². The highest BCUT2D eigenvalue weighted by Gasteiger charge is 2.19. The molecule has 31 heavy (non-hydrogen) atoms. The van der Waals surface area contributed by atoms with Gasteiger partial charge in [-0.15, -0.1) is 0 Å². The van der Waals surface area contributed by atoms with Gasteiger partial charge in [0.05, 0.1) is 13.7 Å². The lowest BCUT2D eigenvalue weighted by molar-refractivity contribution is 0.0922. The first kappa shape index (κ1) is 21.0. The van der Waals surface area contributed by atoms with Gasteiger partial charge in [-0.05, 0) is 42.3 Å². The van der Waals surface area contributed by atoms with Crippen LogP contribution >= 0.6 is 0 Å². The maximum atomic E-state index is 12.4. The van der Waals surface area contributed by atoms with Crippen molar-refractivity contribution in [1.29, 1.82) is 0 Å². The van der Waals surface area contributed by atoms with Crippen LogP contribution in [0.25, 0.3) is 0 Å². The van der Waals surface area contributed by atoms with Crippen molar-refractivity contribution in [2.75, 3.05) is 44.7 Å². The molecule has 2 aromatic carbocycles. The second kappa shape index (κ2) is 10.2. The fourth-order valence-corrected chi connectivity index (χ4v) is 3.92. The molecule has 1 saturated heterocycles. The summed E-state index contributed by atoms with van der Waals surface area (Å²) < 4.78 is 11.2. The molecule has 0 unspecified atom stereocenters. The number of hydrogen-bond donors (Lipinski definition) is 1. The van der Waals surface area contributed by atoms with Gasteiger partial charge in [0.25, 0.3) is 5.91 Å². The molecule has 4 rings (SSSR count). The standard InChI is InChI=1S/C25H29N3O3/c1-30-23-10-6-5-7-20(23)13-14-26-25(29)24-12-11-22(31-24)19-27-15-17-28(18-16-27)21-8-3-2-4-9-21/h2-12H,13-19H2,1H3,(H,26,29). The van der Waals surface area contributed by atoms with Crippen LogP contribution in [0.2, 0.25) is 0 Å². The van der Waals surface area contributed by atoms with Crippen molar-refractivity contribution in [3.05, 3.63) is 83.8 Å². The second-order valence-electron chi connectivity index (χ2n) is 7.68. The molecular weight excluding hydrogens is 390 g/mol. The highest BCUT2D eigenvalue weighted by molar-refractivity contribution is 5.91. The first-order chi connectivity index (χ1) is 15.2. The maximum absolute atomic E-state index is 12.4. The zero-order chi connectivity index (χ0) is 21.5. The molecule has 1 fully saturated rings. The molecule has 162 valence electrons. The molecule has 1 N–H and O–H groups in total. The Morgan fingerprint density at radius 1 is 0.968 bits per heavy atom. The lowest BCUT2D eigenvalue weighted by atomic mass is 10.1. The number of rotatable bonds is 8. The van der Waals surface area contributed by atoms with Gasteiger partial charge in [0.1, 0.15) is 11.5 Å². The molecule has 3 aromatic rings. The van der Waals surface area contributed by atoms with Crippen molar-refractivity contribution in [1.82, 2.24) is 10.2 Å². The molecular formula is C25H29N3O3. The number of methoxy groups -OCH3 is 1. The van der Waals surface area contributed by atoms with Crippen molar-refractivity contribution in [2.45, 2.75) is 13.0 Å². The van der Waals surface area contributed by atoms with Crippen molar-refractivity contribution in [2.24, 2.45) is 0 Å². The largest absolute Gasteiger partial charge is 0.496 e. The van der Waals surface area contributed by atoms with Gasteiger partial charge in [-0.1, -0.05) is 36.4 Å². The van der Waals surface area contributed by atoms with E-state index in [9.17, 15) is 4.79 Å². The van der Waals surface area contributed by atoms with E-state index < -0.39 is 0 Å². The minimum atomic E-state index is -0.185. The Labute approximate surface area is 183 Å². The number of piperazine rings is 1. The quantitative estimate of drug-likeness (QED) is 0.605. The summed E-state index contributed by atoms with van der Waals surface area (Å²) in [6, 6.07) is 22.0. The SMILES string of the molecule is COc1ccccc1CCNC(=O)c1ccc(CN2CCN(c3ccccc3)CC2)o1. The summed E-state index contributed by atoms with van der Waals surface area (Å²) in [5, 5.41) is 2.93. The molecule has 1 aliphatic rings. The van der Waals surface area contributed by atoms with Gasteiger partial charge in [0.2, 0.25) is 0 Å². The first-order valence-electron chi connectivity index (χ1n) is 10.7. The zero-order valence-electron chi connectivity index (χ0n) is 17.9. The topological polar surface area (TPSA) is 58.0 Å². The summed E-state index contributed by atoms with van der Waals surface area (Å²) in [5.41, 5.74) is 2.34. The minimum Gasteiger partial charge on any atom is -0.496 e. The fourth-order valence-electron chi connectivity index (χ4n) is 3.92. The van der Waals surface area contributed by atoms with Gasteiger partial charge in [-0.3, -0.25) is 9.69 Å². The summed E-state index contributed by atoms with van der Waals surface area (Å²) in [4.78, 5) is 17.2. The molecule has 6 heteroatoms. The van der Waals surface area contributed by atoms with E-state index in [1.54, 1.807) is 13.2 Å². The van der Waals surface area contributed by atoms with Crippen LogP contribution < -0.4 is 15.0 Å². The molecule has 6 nitrogen and oxygen atoms in total. The molecule has 0 spiro atoms. The average Bonchev–Trinajstić information content (AvgIpc) is 3.29. The highest BCUT2D eigenvalue weighted by Crippen LogP contribution is 2.19.